The molecule has 2 unspecified atom stereocenters. The fourth-order valence-corrected chi connectivity index (χ4v) is 4.81. The third-order valence-electron chi connectivity index (χ3n) is 6.17. The van der Waals surface area contributed by atoms with Crippen LogP contribution in [0.1, 0.15) is 45.4 Å². The van der Waals surface area contributed by atoms with Crippen LogP contribution in [0.25, 0.3) is 10.8 Å². The highest BCUT2D eigenvalue weighted by Crippen LogP contribution is 2.53. The van der Waals surface area contributed by atoms with E-state index >= 15 is 0 Å². The number of pyridine rings is 1. The van der Waals surface area contributed by atoms with E-state index in [1.807, 2.05) is 30.5 Å². The largest absolute Gasteiger partial charge is 0.378 e. The van der Waals surface area contributed by atoms with Crippen molar-refractivity contribution >= 4 is 22.5 Å². The van der Waals surface area contributed by atoms with Crippen LogP contribution < -0.4 is 10.6 Å². The third kappa shape index (κ3) is 3.05. The number of nitrogens with zero attached hydrogens (tertiary/aromatic N) is 1. The lowest BCUT2D eigenvalue weighted by molar-refractivity contribution is -0.146. The highest BCUT2D eigenvalue weighted by Gasteiger charge is 2.56. The number of ether oxygens (including phenoxy) is 1. The van der Waals surface area contributed by atoms with E-state index in [1.165, 1.54) is 19.3 Å². The number of aromatic nitrogens is 1. The van der Waals surface area contributed by atoms with Crippen LogP contribution in [0.5, 0.6) is 0 Å². The van der Waals surface area contributed by atoms with Gasteiger partial charge in [0.1, 0.15) is 0 Å². The summed E-state index contributed by atoms with van der Waals surface area (Å²) < 4.78 is 5.98. The average Bonchev–Trinajstić information content (AvgIpc) is 2.68. The minimum absolute atomic E-state index is 0.126. The average molecular weight is 353 g/mol. The van der Waals surface area contributed by atoms with Crippen molar-refractivity contribution in [1.82, 2.24) is 10.3 Å². The Balaban J connectivity index is 1.46. The number of hydrogen-bond donors (Lipinski definition) is 2. The molecule has 0 aliphatic heterocycles. The van der Waals surface area contributed by atoms with Gasteiger partial charge in [-0.1, -0.05) is 31.4 Å². The second kappa shape index (κ2) is 7.23. The molecule has 0 radical (unpaired) electrons. The highest BCUT2D eigenvalue weighted by atomic mass is 16.5. The number of amides is 2. The van der Waals surface area contributed by atoms with Crippen molar-refractivity contribution in [3.63, 3.8) is 0 Å². The summed E-state index contributed by atoms with van der Waals surface area (Å²) in [4.78, 5) is 16.8. The molecule has 1 aromatic heterocycles. The second-order valence-corrected chi connectivity index (χ2v) is 7.53. The maximum Gasteiger partial charge on any atom is 0.319 e. The van der Waals surface area contributed by atoms with Gasteiger partial charge in [0, 0.05) is 41.2 Å². The molecule has 2 aromatic rings. The summed E-state index contributed by atoms with van der Waals surface area (Å²) in [6, 6.07) is 7.89. The zero-order valence-corrected chi connectivity index (χ0v) is 15.3. The second-order valence-electron chi connectivity index (χ2n) is 7.53. The Bertz CT molecular complexity index is 780. The van der Waals surface area contributed by atoms with Crippen LogP contribution in [0, 0.1) is 5.41 Å². The van der Waals surface area contributed by atoms with E-state index in [0.717, 1.165) is 42.3 Å². The van der Waals surface area contributed by atoms with Gasteiger partial charge >= 0.3 is 6.03 Å². The molecular formula is C21H27N3O2. The Labute approximate surface area is 154 Å². The summed E-state index contributed by atoms with van der Waals surface area (Å²) in [5.41, 5.74) is 0.953. The van der Waals surface area contributed by atoms with Crippen LogP contribution in [0.2, 0.25) is 0 Å². The molecule has 2 saturated carbocycles. The molecule has 2 atom stereocenters. The highest BCUT2D eigenvalue weighted by molar-refractivity contribution is 6.01. The van der Waals surface area contributed by atoms with Crippen LogP contribution in [0.15, 0.2) is 36.7 Å². The number of urea groups is 1. The van der Waals surface area contributed by atoms with Crippen molar-refractivity contribution in [3.05, 3.63) is 36.7 Å². The molecule has 2 N–H and O–H groups in total. The minimum atomic E-state index is -0.126. The molecule has 5 heteroatoms. The third-order valence-corrected chi connectivity index (χ3v) is 6.17. The molecule has 2 aliphatic rings. The quantitative estimate of drug-likeness (QED) is 0.851. The first kappa shape index (κ1) is 17.3. The lowest BCUT2D eigenvalue weighted by Crippen LogP contribution is -2.65. The van der Waals surface area contributed by atoms with Gasteiger partial charge in [-0.3, -0.25) is 4.98 Å². The molecule has 1 spiro atoms. The minimum Gasteiger partial charge on any atom is -0.378 e. The van der Waals surface area contributed by atoms with Crippen molar-refractivity contribution in [3.8, 4) is 0 Å². The maximum atomic E-state index is 12.7. The van der Waals surface area contributed by atoms with Crippen molar-refractivity contribution in [2.24, 2.45) is 5.41 Å². The summed E-state index contributed by atoms with van der Waals surface area (Å²) >= 11 is 0. The number of carbonyl (C=O) groups excluding carboxylic acids is 1. The molecule has 0 bridgehead atoms. The summed E-state index contributed by atoms with van der Waals surface area (Å²) in [6.45, 7) is 2.80. The standard InChI is InChI=1S/C21H27N3O2/c1-2-26-19-13-18(21(19)10-4-3-5-11-21)24-20(25)23-17-8-6-7-15-14-22-12-9-16(15)17/h6-9,12,14,18-19H,2-5,10-11,13H2,1H3,(H2,23,24,25). The van der Waals surface area contributed by atoms with Crippen molar-refractivity contribution in [2.75, 3.05) is 11.9 Å². The van der Waals surface area contributed by atoms with Gasteiger partial charge in [-0.2, -0.15) is 0 Å². The number of fused-ring (bicyclic) bond motifs is 1. The number of anilines is 1. The number of rotatable bonds is 4. The van der Waals surface area contributed by atoms with E-state index in [1.54, 1.807) is 6.20 Å². The lowest BCUT2D eigenvalue weighted by Gasteiger charge is -2.57. The number of carbonyl (C=O) groups is 1. The zero-order chi connectivity index (χ0) is 18.0. The number of benzene rings is 1. The monoisotopic (exact) mass is 353 g/mol. The predicted molar refractivity (Wildman–Crippen MR) is 103 cm³/mol. The fraction of sp³-hybridized carbons (Fsp3) is 0.524. The van der Waals surface area contributed by atoms with Gasteiger partial charge in [-0.05, 0) is 38.3 Å². The zero-order valence-electron chi connectivity index (χ0n) is 15.3. The first-order valence-corrected chi connectivity index (χ1v) is 9.75. The SMILES string of the molecule is CCOC1CC(NC(=O)Nc2cccc3cnccc23)C12CCCCC2. The predicted octanol–water partition coefficient (Wildman–Crippen LogP) is 4.48. The molecule has 0 saturated heterocycles. The molecule has 2 fully saturated rings. The van der Waals surface area contributed by atoms with E-state index in [-0.39, 0.29) is 17.5 Å². The summed E-state index contributed by atoms with van der Waals surface area (Å²) in [6.07, 6.45) is 10.9. The number of hydrogen-bond acceptors (Lipinski definition) is 3. The normalized spacial score (nSPS) is 24.2. The Kier molecular flexibility index (Phi) is 4.81. The van der Waals surface area contributed by atoms with Gasteiger partial charge < -0.3 is 15.4 Å². The summed E-state index contributed by atoms with van der Waals surface area (Å²) in [5.74, 6) is 0. The fourth-order valence-electron chi connectivity index (χ4n) is 4.81. The van der Waals surface area contributed by atoms with Gasteiger partial charge in [0.15, 0.2) is 0 Å². The Morgan fingerprint density at radius 2 is 2.12 bits per heavy atom. The Morgan fingerprint density at radius 1 is 1.27 bits per heavy atom. The smallest absolute Gasteiger partial charge is 0.319 e. The van der Waals surface area contributed by atoms with E-state index in [4.69, 9.17) is 4.74 Å². The van der Waals surface area contributed by atoms with E-state index in [9.17, 15) is 4.79 Å². The van der Waals surface area contributed by atoms with Crippen LogP contribution in [-0.2, 0) is 4.74 Å². The van der Waals surface area contributed by atoms with Crippen LogP contribution >= 0.6 is 0 Å². The van der Waals surface area contributed by atoms with Crippen LogP contribution in [0.3, 0.4) is 0 Å². The molecule has 2 amide bonds. The molecule has 1 heterocycles. The molecule has 5 nitrogen and oxygen atoms in total. The Morgan fingerprint density at radius 3 is 2.92 bits per heavy atom. The first-order chi connectivity index (χ1) is 12.7. The molecular weight excluding hydrogens is 326 g/mol. The van der Waals surface area contributed by atoms with Gasteiger partial charge in [-0.15, -0.1) is 0 Å². The molecule has 1 aromatic carbocycles. The van der Waals surface area contributed by atoms with Gasteiger partial charge in [0.05, 0.1) is 11.8 Å². The van der Waals surface area contributed by atoms with Crippen LogP contribution in [0.4, 0.5) is 10.5 Å². The summed E-state index contributed by atoms with van der Waals surface area (Å²) in [7, 11) is 0. The van der Waals surface area contributed by atoms with Crippen molar-refractivity contribution < 1.29 is 9.53 Å². The molecule has 138 valence electrons. The Hall–Kier alpha value is -2.14. The van der Waals surface area contributed by atoms with Crippen molar-refractivity contribution in [1.29, 1.82) is 0 Å². The maximum absolute atomic E-state index is 12.7. The first-order valence-electron chi connectivity index (χ1n) is 9.75. The molecule has 4 rings (SSSR count). The van der Waals surface area contributed by atoms with Crippen molar-refractivity contribution in [2.45, 2.75) is 57.6 Å². The van der Waals surface area contributed by atoms with Gasteiger partial charge in [0.25, 0.3) is 0 Å². The molecule has 26 heavy (non-hydrogen) atoms. The molecule has 2 aliphatic carbocycles. The van der Waals surface area contributed by atoms with Crippen LogP contribution in [-0.4, -0.2) is 29.8 Å². The van der Waals surface area contributed by atoms with Gasteiger partial charge in [-0.25, -0.2) is 4.79 Å². The number of nitrogens with one attached hydrogen (secondary N) is 2. The van der Waals surface area contributed by atoms with Gasteiger partial charge in [0.2, 0.25) is 0 Å². The summed E-state index contributed by atoms with van der Waals surface area (Å²) in [5, 5.41) is 8.29. The lowest BCUT2D eigenvalue weighted by atomic mass is 9.55. The van der Waals surface area contributed by atoms with E-state index in [0.29, 0.717) is 6.10 Å². The van der Waals surface area contributed by atoms with E-state index < -0.39 is 0 Å². The van der Waals surface area contributed by atoms with E-state index in [2.05, 4.69) is 22.5 Å². The topological polar surface area (TPSA) is 63.2 Å².